The highest BCUT2D eigenvalue weighted by atomic mass is 32.3. The monoisotopic (exact) mass is 307 g/mol. The average molecular weight is 307 g/mol. The Kier molecular flexibility index (Phi) is 9.10. The first kappa shape index (κ1) is 18.8. The van der Waals surface area contributed by atoms with Gasteiger partial charge in [0, 0.05) is 6.54 Å². The van der Waals surface area contributed by atoms with E-state index in [-0.39, 0.29) is 5.75 Å². The molecule has 8 heteroatoms. The molecule has 0 fully saturated rings. The molecule has 0 aliphatic rings. The molecule has 0 saturated carbocycles. The molecule has 5 N–H and O–H groups in total. The standard InChI is InChI=1S/C12H19NO2.H2O4S/c1-2-3-8-13-9-12(15)10-4-6-11(14)7-5-10;1-5(2,3)4/h4-7,12-15H,2-3,8-9H2,1H3;(H2,1,2,3,4). The fourth-order valence-electron chi connectivity index (χ4n) is 1.35. The molecule has 0 spiro atoms. The van der Waals surface area contributed by atoms with Crippen LogP contribution in [0.5, 0.6) is 5.75 Å². The van der Waals surface area contributed by atoms with Crippen molar-refractivity contribution in [2.45, 2.75) is 25.9 Å². The maximum absolute atomic E-state index is 9.77. The van der Waals surface area contributed by atoms with Crippen LogP contribution < -0.4 is 5.32 Å². The van der Waals surface area contributed by atoms with Crippen molar-refractivity contribution in [3.63, 3.8) is 0 Å². The van der Waals surface area contributed by atoms with Gasteiger partial charge in [-0.1, -0.05) is 25.5 Å². The van der Waals surface area contributed by atoms with Gasteiger partial charge in [-0.15, -0.1) is 0 Å². The van der Waals surface area contributed by atoms with Gasteiger partial charge >= 0.3 is 10.4 Å². The van der Waals surface area contributed by atoms with Crippen LogP contribution in [-0.4, -0.2) is 40.8 Å². The molecule has 0 aliphatic heterocycles. The fraction of sp³-hybridized carbons (Fsp3) is 0.500. The fourth-order valence-corrected chi connectivity index (χ4v) is 1.35. The molecule has 0 saturated heterocycles. The summed E-state index contributed by atoms with van der Waals surface area (Å²) in [4.78, 5) is 0. The number of nitrogens with one attached hydrogen (secondary N) is 1. The molecule has 20 heavy (non-hydrogen) atoms. The first-order chi connectivity index (χ1) is 9.24. The van der Waals surface area contributed by atoms with Gasteiger partial charge in [-0.05, 0) is 30.7 Å². The molecule has 1 aromatic carbocycles. The van der Waals surface area contributed by atoms with Crippen molar-refractivity contribution in [3.8, 4) is 5.75 Å². The van der Waals surface area contributed by atoms with Crippen LogP contribution in [0.25, 0.3) is 0 Å². The Morgan fingerprint density at radius 1 is 1.20 bits per heavy atom. The number of hydrogen-bond acceptors (Lipinski definition) is 5. The van der Waals surface area contributed by atoms with Gasteiger partial charge in [0.2, 0.25) is 0 Å². The van der Waals surface area contributed by atoms with Gasteiger partial charge in [0.05, 0.1) is 6.10 Å². The lowest BCUT2D eigenvalue weighted by molar-refractivity contribution is 0.174. The molecule has 0 aromatic heterocycles. The van der Waals surface area contributed by atoms with E-state index in [1.165, 1.54) is 0 Å². The summed E-state index contributed by atoms with van der Waals surface area (Å²) in [5.74, 6) is 0.227. The van der Waals surface area contributed by atoms with Crippen molar-refractivity contribution < 1.29 is 27.7 Å². The van der Waals surface area contributed by atoms with E-state index in [4.69, 9.17) is 22.6 Å². The van der Waals surface area contributed by atoms with E-state index in [9.17, 15) is 5.11 Å². The quantitative estimate of drug-likeness (QED) is 0.394. The van der Waals surface area contributed by atoms with Gasteiger partial charge in [0.25, 0.3) is 0 Å². The Hall–Kier alpha value is -1.19. The Bertz CT molecular complexity index is 451. The molecule has 1 unspecified atom stereocenters. The number of aliphatic hydroxyl groups excluding tert-OH is 1. The highest BCUT2D eigenvalue weighted by Gasteiger charge is 2.05. The van der Waals surface area contributed by atoms with E-state index in [1.807, 2.05) is 0 Å². The minimum absolute atomic E-state index is 0.227. The van der Waals surface area contributed by atoms with Crippen LogP contribution in [0.2, 0.25) is 0 Å². The van der Waals surface area contributed by atoms with Crippen LogP contribution in [0, 0.1) is 0 Å². The predicted molar refractivity (Wildman–Crippen MR) is 75.0 cm³/mol. The lowest BCUT2D eigenvalue weighted by Crippen LogP contribution is -2.22. The molecule has 116 valence electrons. The molecule has 0 aliphatic carbocycles. The van der Waals surface area contributed by atoms with Crippen LogP contribution in [0.1, 0.15) is 31.4 Å². The van der Waals surface area contributed by atoms with E-state index >= 15 is 0 Å². The number of aromatic hydroxyl groups is 1. The minimum atomic E-state index is -4.67. The van der Waals surface area contributed by atoms with Crippen molar-refractivity contribution in [2.75, 3.05) is 13.1 Å². The lowest BCUT2D eigenvalue weighted by atomic mass is 10.1. The second kappa shape index (κ2) is 9.67. The van der Waals surface area contributed by atoms with Gasteiger partial charge in [0.15, 0.2) is 0 Å². The van der Waals surface area contributed by atoms with Crippen molar-refractivity contribution >= 4 is 10.4 Å². The Balaban J connectivity index is 0.000000621. The second-order valence-corrected chi connectivity index (χ2v) is 5.01. The van der Waals surface area contributed by atoms with Crippen LogP contribution >= 0.6 is 0 Å². The van der Waals surface area contributed by atoms with Crippen molar-refractivity contribution in [1.82, 2.24) is 5.32 Å². The molecular formula is C12H21NO6S. The Morgan fingerprint density at radius 3 is 2.15 bits per heavy atom. The number of phenolic OH excluding ortho intramolecular Hbond substituents is 1. The highest BCUT2D eigenvalue weighted by Crippen LogP contribution is 2.15. The molecule has 1 aromatic rings. The Morgan fingerprint density at radius 2 is 1.70 bits per heavy atom. The molecule has 7 nitrogen and oxygen atoms in total. The highest BCUT2D eigenvalue weighted by molar-refractivity contribution is 7.79. The zero-order valence-corrected chi connectivity index (χ0v) is 12.0. The van der Waals surface area contributed by atoms with Crippen LogP contribution in [-0.2, 0) is 10.4 Å². The summed E-state index contributed by atoms with van der Waals surface area (Å²) in [5, 5.41) is 22.0. The van der Waals surface area contributed by atoms with Gasteiger partial charge in [-0.25, -0.2) is 0 Å². The van der Waals surface area contributed by atoms with Gasteiger partial charge in [0.1, 0.15) is 5.75 Å². The van der Waals surface area contributed by atoms with Crippen LogP contribution in [0.4, 0.5) is 0 Å². The summed E-state index contributed by atoms with van der Waals surface area (Å²) in [6, 6.07) is 6.65. The van der Waals surface area contributed by atoms with Crippen LogP contribution in [0.3, 0.4) is 0 Å². The van der Waals surface area contributed by atoms with Crippen molar-refractivity contribution in [2.24, 2.45) is 0 Å². The normalized spacial score (nSPS) is 12.4. The van der Waals surface area contributed by atoms with E-state index in [1.54, 1.807) is 24.3 Å². The third-order valence-corrected chi connectivity index (χ3v) is 2.32. The zero-order valence-electron chi connectivity index (χ0n) is 11.2. The molecule has 1 rings (SSSR count). The topological polar surface area (TPSA) is 127 Å². The van der Waals surface area contributed by atoms with Gasteiger partial charge in [-0.2, -0.15) is 8.42 Å². The predicted octanol–water partition coefficient (Wildman–Crippen LogP) is 1.16. The van der Waals surface area contributed by atoms with Crippen molar-refractivity contribution in [3.05, 3.63) is 29.8 Å². The smallest absolute Gasteiger partial charge is 0.394 e. The molecule has 0 radical (unpaired) electrons. The maximum Gasteiger partial charge on any atom is 0.394 e. The van der Waals surface area contributed by atoms with Gasteiger partial charge < -0.3 is 15.5 Å². The zero-order chi connectivity index (χ0) is 15.6. The van der Waals surface area contributed by atoms with E-state index < -0.39 is 16.5 Å². The number of benzene rings is 1. The lowest BCUT2D eigenvalue weighted by Gasteiger charge is -2.11. The van der Waals surface area contributed by atoms with Crippen molar-refractivity contribution in [1.29, 1.82) is 0 Å². The molecule has 0 amide bonds. The number of hydrogen-bond donors (Lipinski definition) is 5. The third-order valence-electron chi connectivity index (χ3n) is 2.32. The summed E-state index contributed by atoms with van der Waals surface area (Å²) < 4.78 is 31.6. The third kappa shape index (κ3) is 11.9. The molecule has 0 bridgehead atoms. The minimum Gasteiger partial charge on any atom is -0.508 e. The molecule has 1 atom stereocenters. The number of phenols is 1. The molecule has 0 heterocycles. The SMILES string of the molecule is CCCCNCC(O)c1ccc(O)cc1.O=S(=O)(O)O. The van der Waals surface area contributed by atoms with Crippen LogP contribution in [0.15, 0.2) is 24.3 Å². The second-order valence-electron chi connectivity index (χ2n) is 4.11. The van der Waals surface area contributed by atoms with E-state index in [2.05, 4.69) is 12.2 Å². The van der Waals surface area contributed by atoms with Gasteiger partial charge in [-0.3, -0.25) is 9.11 Å². The van der Waals surface area contributed by atoms with E-state index in [0.29, 0.717) is 6.54 Å². The number of rotatable bonds is 6. The maximum atomic E-state index is 9.77. The largest absolute Gasteiger partial charge is 0.508 e. The van der Waals surface area contributed by atoms with E-state index in [0.717, 1.165) is 24.9 Å². The molecular weight excluding hydrogens is 286 g/mol. The summed E-state index contributed by atoms with van der Waals surface area (Å²) in [6.07, 6.45) is 1.78. The average Bonchev–Trinajstić information content (AvgIpc) is 2.33. The number of unbranched alkanes of at least 4 members (excludes halogenated alkanes) is 1. The summed E-state index contributed by atoms with van der Waals surface area (Å²) in [5.41, 5.74) is 0.830. The summed E-state index contributed by atoms with van der Waals surface area (Å²) in [6.45, 7) is 3.63. The Labute approximate surface area is 118 Å². The summed E-state index contributed by atoms with van der Waals surface area (Å²) in [7, 11) is -4.67. The first-order valence-corrected chi connectivity index (χ1v) is 7.51. The number of aliphatic hydroxyl groups is 1. The summed E-state index contributed by atoms with van der Waals surface area (Å²) >= 11 is 0. The first-order valence-electron chi connectivity index (χ1n) is 6.11.